The Hall–Kier alpha value is -3.89. The Kier molecular flexibility index (Phi) is 6.41. The smallest absolute Gasteiger partial charge is 0.267 e. The van der Waals surface area contributed by atoms with E-state index in [9.17, 15) is 4.79 Å². The highest BCUT2D eigenvalue weighted by Crippen LogP contribution is 2.23. The third kappa shape index (κ3) is 4.73. The lowest BCUT2D eigenvalue weighted by atomic mass is 10.1. The largest absolute Gasteiger partial charge is 0.337 e. The highest BCUT2D eigenvalue weighted by atomic mass is 35.5. The minimum Gasteiger partial charge on any atom is -0.337 e. The van der Waals surface area contributed by atoms with Gasteiger partial charge in [-0.1, -0.05) is 84.4 Å². The van der Waals surface area contributed by atoms with Crippen LogP contribution in [0.1, 0.15) is 11.1 Å². The highest BCUT2D eigenvalue weighted by molar-refractivity contribution is 6.30. The number of anilines is 1. The molecule has 1 heterocycles. The molecule has 0 N–H and O–H groups in total. The average Bonchev–Trinajstić information content (AvgIpc) is 2.88. The van der Waals surface area contributed by atoms with Gasteiger partial charge in [0.05, 0.1) is 16.6 Å². The molecule has 5 heteroatoms. The lowest BCUT2D eigenvalue weighted by Gasteiger charge is -2.27. The molecule has 4 nitrogen and oxygen atoms in total. The molecule has 0 saturated carbocycles. The molecule has 5 rings (SSSR count). The summed E-state index contributed by atoms with van der Waals surface area (Å²) in [5.41, 5.74) is 3.72. The Balaban J connectivity index is 1.66. The van der Waals surface area contributed by atoms with Crippen LogP contribution in [-0.2, 0) is 13.0 Å². The lowest BCUT2D eigenvalue weighted by molar-refractivity contribution is 0.730. The molecule has 0 aliphatic heterocycles. The Bertz CT molecular complexity index is 1450. The van der Waals surface area contributed by atoms with E-state index in [0.29, 0.717) is 35.0 Å². The van der Waals surface area contributed by atoms with Crippen LogP contribution in [-0.4, -0.2) is 16.1 Å². The van der Waals surface area contributed by atoms with Gasteiger partial charge in [0.25, 0.3) is 5.56 Å². The normalized spacial score (nSPS) is 11.0. The lowest BCUT2D eigenvalue weighted by Crippen LogP contribution is -2.33. The van der Waals surface area contributed by atoms with Crippen LogP contribution in [0.25, 0.3) is 16.6 Å². The fraction of sp³-hybridized carbons (Fsp3) is 0.103. The van der Waals surface area contributed by atoms with Crippen molar-refractivity contribution in [3.05, 3.63) is 136 Å². The molecule has 0 fully saturated rings. The zero-order valence-corrected chi connectivity index (χ0v) is 19.4. The summed E-state index contributed by atoms with van der Waals surface area (Å²) < 4.78 is 1.70. The van der Waals surface area contributed by atoms with Gasteiger partial charge in [-0.3, -0.25) is 4.79 Å². The SMILES string of the molecule is O=c1c2ccccc2nc(N(CCc2ccccc2)Cc2ccccc2)n1-c1ccc(Cl)cc1. The third-order valence-electron chi connectivity index (χ3n) is 5.86. The molecule has 0 spiro atoms. The van der Waals surface area contributed by atoms with Crippen LogP contribution < -0.4 is 10.5 Å². The zero-order chi connectivity index (χ0) is 23.3. The van der Waals surface area contributed by atoms with Gasteiger partial charge >= 0.3 is 0 Å². The predicted octanol–water partition coefficient (Wildman–Crippen LogP) is 6.29. The van der Waals surface area contributed by atoms with Gasteiger partial charge in [-0.25, -0.2) is 9.55 Å². The van der Waals surface area contributed by atoms with E-state index in [0.717, 1.165) is 17.7 Å². The molecular weight excluding hydrogens is 442 g/mol. The van der Waals surface area contributed by atoms with Gasteiger partial charge in [-0.05, 0) is 53.9 Å². The average molecular weight is 466 g/mol. The number of rotatable bonds is 7. The van der Waals surface area contributed by atoms with E-state index in [1.807, 2.05) is 60.7 Å². The summed E-state index contributed by atoms with van der Waals surface area (Å²) in [6.07, 6.45) is 0.830. The second-order valence-corrected chi connectivity index (χ2v) is 8.63. The van der Waals surface area contributed by atoms with Crippen molar-refractivity contribution >= 4 is 28.5 Å². The van der Waals surface area contributed by atoms with Crippen LogP contribution in [0, 0.1) is 0 Å². The minimum atomic E-state index is -0.0966. The standard InChI is InChI=1S/C29H24ClN3O/c30-24-15-17-25(18-16-24)33-28(34)26-13-7-8-14-27(26)31-29(33)32(21-23-11-5-2-6-12-23)20-19-22-9-3-1-4-10-22/h1-18H,19-21H2. The second kappa shape index (κ2) is 9.94. The molecule has 34 heavy (non-hydrogen) atoms. The summed E-state index contributed by atoms with van der Waals surface area (Å²) in [5, 5.41) is 1.21. The third-order valence-corrected chi connectivity index (χ3v) is 6.11. The summed E-state index contributed by atoms with van der Waals surface area (Å²) in [6.45, 7) is 1.34. The number of fused-ring (bicyclic) bond motifs is 1. The number of para-hydroxylation sites is 1. The van der Waals surface area contributed by atoms with Crippen LogP contribution in [0.15, 0.2) is 114 Å². The van der Waals surface area contributed by atoms with Gasteiger partial charge in [-0.15, -0.1) is 0 Å². The molecule has 168 valence electrons. The van der Waals surface area contributed by atoms with Crippen molar-refractivity contribution < 1.29 is 0 Å². The van der Waals surface area contributed by atoms with Crippen molar-refractivity contribution in [1.29, 1.82) is 0 Å². The van der Waals surface area contributed by atoms with Crippen molar-refractivity contribution in [3.8, 4) is 5.69 Å². The number of benzene rings is 4. The van der Waals surface area contributed by atoms with Crippen LogP contribution >= 0.6 is 11.6 Å². The molecule has 0 amide bonds. The maximum atomic E-state index is 13.7. The Labute approximate surface area is 203 Å². The number of nitrogens with zero attached hydrogens (tertiary/aromatic N) is 3. The molecule has 4 aromatic carbocycles. The van der Waals surface area contributed by atoms with Gasteiger partial charge in [0.15, 0.2) is 0 Å². The minimum absolute atomic E-state index is 0.0966. The van der Waals surface area contributed by atoms with Crippen LogP contribution in [0.5, 0.6) is 0 Å². The molecule has 0 bridgehead atoms. The van der Waals surface area contributed by atoms with E-state index < -0.39 is 0 Å². The number of halogens is 1. The van der Waals surface area contributed by atoms with Crippen molar-refractivity contribution in [2.75, 3.05) is 11.4 Å². The molecule has 0 aliphatic rings. The first kappa shape index (κ1) is 21.9. The maximum absolute atomic E-state index is 13.7. The van der Waals surface area contributed by atoms with Crippen molar-refractivity contribution in [3.63, 3.8) is 0 Å². The van der Waals surface area contributed by atoms with Crippen molar-refractivity contribution in [1.82, 2.24) is 9.55 Å². The molecule has 5 aromatic rings. The number of aromatic nitrogens is 2. The van der Waals surface area contributed by atoms with Gasteiger partial charge in [0.1, 0.15) is 0 Å². The van der Waals surface area contributed by atoms with E-state index in [2.05, 4.69) is 41.3 Å². The van der Waals surface area contributed by atoms with E-state index in [4.69, 9.17) is 16.6 Å². The molecule has 1 aromatic heterocycles. The van der Waals surface area contributed by atoms with Crippen molar-refractivity contribution in [2.24, 2.45) is 0 Å². The van der Waals surface area contributed by atoms with Gasteiger partial charge < -0.3 is 4.90 Å². The molecule has 0 atom stereocenters. The summed E-state index contributed by atoms with van der Waals surface area (Å²) in [5.74, 6) is 0.616. The topological polar surface area (TPSA) is 38.1 Å². The van der Waals surface area contributed by atoms with Crippen molar-refractivity contribution in [2.45, 2.75) is 13.0 Å². The maximum Gasteiger partial charge on any atom is 0.267 e. The number of hydrogen-bond acceptors (Lipinski definition) is 3. The van der Waals surface area contributed by atoms with Crippen LogP contribution in [0.2, 0.25) is 5.02 Å². The molecule has 0 unspecified atom stereocenters. The Morgan fingerprint density at radius 1 is 0.735 bits per heavy atom. The fourth-order valence-corrected chi connectivity index (χ4v) is 4.24. The van der Waals surface area contributed by atoms with Gasteiger partial charge in [0, 0.05) is 18.1 Å². The Morgan fingerprint density at radius 2 is 1.35 bits per heavy atom. The molecular formula is C29H24ClN3O. The summed E-state index contributed by atoms with van der Waals surface area (Å²) in [4.78, 5) is 20.9. The fourth-order valence-electron chi connectivity index (χ4n) is 4.12. The molecule has 0 saturated heterocycles. The van der Waals surface area contributed by atoms with Gasteiger partial charge in [0.2, 0.25) is 5.95 Å². The summed E-state index contributed by atoms with van der Waals surface area (Å²) in [7, 11) is 0. The monoisotopic (exact) mass is 465 g/mol. The first-order valence-corrected chi connectivity index (χ1v) is 11.7. The first-order valence-electron chi connectivity index (χ1n) is 11.3. The molecule has 0 radical (unpaired) electrons. The predicted molar refractivity (Wildman–Crippen MR) is 140 cm³/mol. The van der Waals surface area contributed by atoms with E-state index in [-0.39, 0.29) is 5.56 Å². The Morgan fingerprint density at radius 3 is 2.06 bits per heavy atom. The first-order chi connectivity index (χ1) is 16.7. The molecule has 0 aliphatic carbocycles. The quantitative estimate of drug-likeness (QED) is 0.283. The van der Waals surface area contributed by atoms with Crippen LogP contribution in [0.3, 0.4) is 0 Å². The van der Waals surface area contributed by atoms with E-state index in [1.165, 1.54) is 5.56 Å². The highest BCUT2D eigenvalue weighted by Gasteiger charge is 2.19. The summed E-state index contributed by atoms with van der Waals surface area (Å²) >= 11 is 6.15. The zero-order valence-electron chi connectivity index (χ0n) is 18.6. The van der Waals surface area contributed by atoms with E-state index >= 15 is 0 Å². The van der Waals surface area contributed by atoms with Gasteiger partial charge in [-0.2, -0.15) is 0 Å². The number of hydrogen-bond donors (Lipinski definition) is 0. The van der Waals surface area contributed by atoms with E-state index in [1.54, 1.807) is 16.7 Å². The second-order valence-electron chi connectivity index (χ2n) is 8.19. The van der Waals surface area contributed by atoms with Crippen LogP contribution in [0.4, 0.5) is 5.95 Å². The summed E-state index contributed by atoms with van der Waals surface area (Å²) in [6, 6.07) is 35.5.